The summed E-state index contributed by atoms with van der Waals surface area (Å²) in [5.41, 5.74) is -2.56. The van der Waals surface area contributed by atoms with Gasteiger partial charge >= 0.3 is 0 Å². The van der Waals surface area contributed by atoms with Gasteiger partial charge in [-0.1, -0.05) is 20.8 Å². The lowest BCUT2D eigenvalue weighted by Gasteiger charge is -2.60. The highest BCUT2D eigenvalue weighted by atomic mass is 16.3. The third-order valence-electron chi connectivity index (χ3n) is 10.8. The first kappa shape index (κ1) is 26.2. The Hall–Kier alpha value is -0.830. The van der Waals surface area contributed by atoms with E-state index >= 15 is 0 Å². The van der Waals surface area contributed by atoms with Gasteiger partial charge in [0.1, 0.15) is 0 Å². The van der Waals surface area contributed by atoms with E-state index in [2.05, 4.69) is 6.92 Å². The summed E-state index contributed by atoms with van der Waals surface area (Å²) in [6, 6.07) is 0. The molecule has 34 heavy (non-hydrogen) atoms. The molecule has 7 heteroatoms. The molecule has 194 valence electrons. The summed E-state index contributed by atoms with van der Waals surface area (Å²) in [4.78, 5) is 13.2. The van der Waals surface area contributed by atoms with Crippen LogP contribution in [0, 0.1) is 34.5 Å². The molecule has 11 atom stereocenters. The second-order valence-corrected chi connectivity index (χ2v) is 12.8. The van der Waals surface area contributed by atoms with Crippen LogP contribution in [0.15, 0.2) is 11.6 Å². The van der Waals surface area contributed by atoms with E-state index in [0.717, 1.165) is 24.8 Å². The van der Waals surface area contributed by atoms with Crippen molar-refractivity contribution in [1.82, 2.24) is 0 Å². The number of allylic oxidation sites excluding steroid dienone is 1. The monoisotopic (exact) mass is 480 g/mol. The predicted molar refractivity (Wildman–Crippen MR) is 127 cm³/mol. The van der Waals surface area contributed by atoms with E-state index in [1.54, 1.807) is 13.0 Å². The smallest absolute Gasteiger partial charge is 0.159 e. The van der Waals surface area contributed by atoms with Gasteiger partial charge in [-0.3, -0.25) is 4.79 Å². The first-order valence-electron chi connectivity index (χ1n) is 13.1. The van der Waals surface area contributed by atoms with Crippen LogP contribution in [-0.4, -0.2) is 72.5 Å². The van der Waals surface area contributed by atoms with Crippen LogP contribution < -0.4 is 0 Å². The van der Waals surface area contributed by atoms with Crippen molar-refractivity contribution >= 4 is 5.78 Å². The van der Waals surface area contributed by atoms with Gasteiger partial charge in [-0.25, -0.2) is 0 Å². The minimum absolute atomic E-state index is 0.0194. The number of aliphatic hydroxyl groups excluding tert-OH is 4. The van der Waals surface area contributed by atoms with Gasteiger partial charge in [0.2, 0.25) is 0 Å². The fourth-order valence-electron chi connectivity index (χ4n) is 8.32. The van der Waals surface area contributed by atoms with E-state index in [4.69, 9.17) is 0 Å². The molecule has 0 saturated heterocycles. The van der Waals surface area contributed by atoms with Crippen LogP contribution in [0.1, 0.15) is 79.1 Å². The normalized spacial score (nSPS) is 47.6. The molecular formula is C27H44O7. The Morgan fingerprint density at radius 2 is 1.82 bits per heavy atom. The van der Waals surface area contributed by atoms with Crippen molar-refractivity contribution in [3.05, 3.63) is 11.6 Å². The van der Waals surface area contributed by atoms with Gasteiger partial charge < -0.3 is 30.6 Å². The summed E-state index contributed by atoms with van der Waals surface area (Å²) < 4.78 is 0. The van der Waals surface area contributed by atoms with Gasteiger partial charge in [-0.05, 0) is 93.1 Å². The average Bonchev–Trinajstić information content (AvgIpc) is 3.05. The van der Waals surface area contributed by atoms with Crippen LogP contribution in [0.2, 0.25) is 0 Å². The molecule has 0 heterocycles. The lowest BCUT2D eigenvalue weighted by atomic mass is 9.46. The number of carbonyl (C=O) groups is 1. The molecule has 0 aromatic carbocycles. The molecule has 4 aliphatic carbocycles. The number of carbonyl (C=O) groups excluding carboxylic acids is 1. The van der Waals surface area contributed by atoms with E-state index in [-0.39, 0.29) is 42.5 Å². The minimum Gasteiger partial charge on any atom is -0.393 e. The maximum Gasteiger partial charge on any atom is 0.159 e. The van der Waals surface area contributed by atoms with Crippen LogP contribution in [0.5, 0.6) is 0 Å². The molecule has 6 N–H and O–H groups in total. The molecule has 0 bridgehead atoms. The van der Waals surface area contributed by atoms with Crippen LogP contribution in [-0.2, 0) is 4.79 Å². The maximum atomic E-state index is 13.2. The van der Waals surface area contributed by atoms with E-state index in [0.29, 0.717) is 25.7 Å². The molecular weight excluding hydrogens is 436 g/mol. The molecule has 0 spiro atoms. The zero-order valence-electron chi connectivity index (χ0n) is 21.1. The Morgan fingerprint density at radius 3 is 2.47 bits per heavy atom. The summed E-state index contributed by atoms with van der Waals surface area (Å²) in [7, 11) is 0. The first-order chi connectivity index (χ1) is 15.7. The van der Waals surface area contributed by atoms with Gasteiger partial charge in [-0.2, -0.15) is 0 Å². The highest BCUT2D eigenvalue weighted by Crippen LogP contribution is 2.68. The Kier molecular flexibility index (Phi) is 6.66. The summed E-state index contributed by atoms with van der Waals surface area (Å²) in [5, 5.41) is 63.3. The SMILES string of the molecule is C[C@H]([C@H](O)CCC(C)(O)CO)[C@H]1CC[C@@]2(O)C3=CC(=O)[C@@H]4C[C@@H](O)[C@@H](O)C[C@]4(C)[C@H]3CC[C@]12C. The Balaban J connectivity index is 1.60. The third-order valence-corrected chi connectivity index (χ3v) is 10.8. The summed E-state index contributed by atoms with van der Waals surface area (Å²) in [6.07, 6.45) is 3.32. The second-order valence-electron chi connectivity index (χ2n) is 12.8. The Morgan fingerprint density at radius 1 is 1.15 bits per heavy atom. The van der Waals surface area contributed by atoms with Gasteiger partial charge in [-0.15, -0.1) is 0 Å². The van der Waals surface area contributed by atoms with Crippen molar-refractivity contribution in [3.63, 3.8) is 0 Å². The van der Waals surface area contributed by atoms with Crippen molar-refractivity contribution in [2.75, 3.05) is 6.61 Å². The molecule has 0 aromatic heterocycles. The molecule has 0 aliphatic heterocycles. The standard InChI is InChI=1S/C27H44O7/c1-15(20(29)7-8-24(2,33)14-28)16-6-10-27(34)18-11-21(30)19-12-22(31)23(32)13-25(19,3)17(18)5-9-26(16,27)4/h11,15-17,19-20,22-23,28-29,31-34H,5-10,12-14H2,1-4H3/t15-,16+,17-,19-,20+,22+,23-,24?,25+,26+,27+/m0/s1. The fourth-order valence-corrected chi connectivity index (χ4v) is 8.32. The number of ketones is 1. The number of aliphatic hydroxyl groups is 6. The minimum atomic E-state index is -1.23. The highest BCUT2D eigenvalue weighted by Gasteiger charge is 2.67. The highest BCUT2D eigenvalue weighted by molar-refractivity contribution is 5.95. The quantitative estimate of drug-likeness (QED) is 0.340. The average molecular weight is 481 g/mol. The van der Waals surface area contributed by atoms with E-state index in [1.165, 1.54) is 0 Å². The van der Waals surface area contributed by atoms with Crippen molar-refractivity contribution < 1.29 is 35.4 Å². The Bertz CT molecular complexity index is 839. The topological polar surface area (TPSA) is 138 Å². The van der Waals surface area contributed by atoms with E-state index in [9.17, 15) is 35.4 Å². The van der Waals surface area contributed by atoms with E-state index < -0.39 is 40.3 Å². The van der Waals surface area contributed by atoms with Crippen molar-refractivity contribution in [1.29, 1.82) is 0 Å². The second kappa shape index (κ2) is 8.63. The molecule has 3 saturated carbocycles. The molecule has 1 unspecified atom stereocenters. The Labute approximate surface area is 202 Å². The zero-order chi connectivity index (χ0) is 25.3. The zero-order valence-corrected chi connectivity index (χ0v) is 21.1. The molecule has 7 nitrogen and oxygen atoms in total. The molecule has 3 fully saturated rings. The van der Waals surface area contributed by atoms with Gasteiger partial charge in [0, 0.05) is 11.3 Å². The third kappa shape index (κ3) is 3.82. The molecule has 4 aliphatic rings. The van der Waals surface area contributed by atoms with Crippen molar-refractivity contribution in [3.8, 4) is 0 Å². The van der Waals surface area contributed by atoms with Crippen molar-refractivity contribution in [2.24, 2.45) is 34.5 Å². The number of hydrogen-bond acceptors (Lipinski definition) is 7. The van der Waals surface area contributed by atoms with Crippen LogP contribution in [0.4, 0.5) is 0 Å². The van der Waals surface area contributed by atoms with E-state index in [1.807, 2.05) is 13.8 Å². The van der Waals surface area contributed by atoms with Crippen LogP contribution in [0.3, 0.4) is 0 Å². The summed E-state index contributed by atoms with van der Waals surface area (Å²) >= 11 is 0. The number of fused-ring (bicyclic) bond motifs is 5. The van der Waals surface area contributed by atoms with Gasteiger partial charge in [0.05, 0.1) is 36.1 Å². The van der Waals surface area contributed by atoms with Crippen molar-refractivity contribution in [2.45, 2.75) is 109 Å². The van der Waals surface area contributed by atoms with Gasteiger partial charge in [0.15, 0.2) is 5.78 Å². The van der Waals surface area contributed by atoms with Crippen LogP contribution in [0.25, 0.3) is 0 Å². The first-order valence-corrected chi connectivity index (χ1v) is 13.1. The fraction of sp³-hybridized carbons (Fsp3) is 0.889. The van der Waals surface area contributed by atoms with Crippen LogP contribution >= 0.6 is 0 Å². The lowest BCUT2D eigenvalue weighted by molar-refractivity contribution is -0.154. The number of hydrogen-bond donors (Lipinski definition) is 6. The summed E-state index contributed by atoms with van der Waals surface area (Å²) in [6.45, 7) is 7.34. The van der Waals surface area contributed by atoms with Gasteiger partial charge in [0.25, 0.3) is 0 Å². The molecule has 4 rings (SSSR count). The lowest BCUT2D eigenvalue weighted by Crippen LogP contribution is -2.61. The molecule has 0 aromatic rings. The predicted octanol–water partition coefficient (Wildman–Crippen LogP) is 1.71. The maximum absolute atomic E-state index is 13.2. The number of rotatable bonds is 6. The molecule has 0 amide bonds. The largest absolute Gasteiger partial charge is 0.393 e. The summed E-state index contributed by atoms with van der Waals surface area (Å²) in [5.74, 6) is -0.480. The molecule has 0 radical (unpaired) electrons.